The Kier molecular flexibility index (Phi) is 45.1. The molecule has 0 rings (SSSR count). The molecule has 0 aliphatic carbocycles. The maximum absolute atomic E-state index is 12.9. The van der Waals surface area contributed by atoms with Crippen molar-refractivity contribution in [3.63, 3.8) is 0 Å². The molecular formula is C56H102N2O6P+. The summed E-state index contributed by atoms with van der Waals surface area (Å²) >= 11 is 0. The number of hydrogen-bond donors (Lipinski definition) is 3. The zero-order chi connectivity index (χ0) is 47.8. The zero-order valence-electron chi connectivity index (χ0n) is 42.7. The van der Waals surface area contributed by atoms with Crippen LogP contribution in [0, 0.1) is 0 Å². The number of likely N-dealkylation sites (N-methyl/N-ethyl adjacent to an activating group) is 1. The predicted molar refractivity (Wildman–Crippen MR) is 281 cm³/mol. The van der Waals surface area contributed by atoms with Gasteiger partial charge in [0.1, 0.15) is 13.2 Å². The third-order valence-electron chi connectivity index (χ3n) is 11.3. The first-order chi connectivity index (χ1) is 31.5. The van der Waals surface area contributed by atoms with E-state index in [2.05, 4.69) is 92.1 Å². The summed E-state index contributed by atoms with van der Waals surface area (Å²) in [5.74, 6) is -0.191. The molecule has 0 bridgehead atoms. The van der Waals surface area contributed by atoms with Gasteiger partial charge in [-0.15, -0.1) is 0 Å². The van der Waals surface area contributed by atoms with Crippen LogP contribution in [0.2, 0.25) is 0 Å². The summed E-state index contributed by atoms with van der Waals surface area (Å²) in [6.07, 6.45) is 65.4. The lowest BCUT2D eigenvalue weighted by molar-refractivity contribution is -0.870. The van der Waals surface area contributed by atoms with Crippen molar-refractivity contribution in [1.29, 1.82) is 0 Å². The highest BCUT2D eigenvalue weighted by molar-refractivity contribution is 7.47. The molecule has 0 aromatic rings. The van der Waals surface area contributed by atoms with Crippen LogP contribution >= 0.6 is 7.82 Å². The van der Waals surface area contributed by atoms with Crippen LogP contribution in [0.5, 0.6) is 0 Å². The van der Waals surface area contributed by atoms with E-state index in [4.69, 9.17) is 9.05 Å². The van der Waals surface area contributed by atoms with Crippen molar-refractivity contribution in [1.82, 2.24) is 5.32 Å². The van der Waals surface area contributed by atoms with Crippen LogP contribution in [0.25, 0.3) is 0 Å². The average molecular weight is 930 g/mol. The molecule has 0 heterocycles. The normalized spacial score (nSPS) is 14.8. The highest BCUT2D eigenvalue weighted by atomic mass is 31.2. The molecule has 9 heteroatoms. The molecule has 3 N–H and O–H groups in total. The summed E-state index contributed by atoms with van der Waals surface area (Å²) in [6, 6.07) is -0.866. The highest BCUT2D eigenvalue weighted by Gasteiger charge is 2.27. The molecular weight excluding hydrogens is 828 g/mol. The van der Waals surface area contributed by atoms with E-state index in [-0.39, 0.29) is 19.1 Å². The van der Waals surface area contributed by atoms with E-state index in [1.165, 1.54) is 122 Å². The standard InChI is InChI=1S/C56H101N2O6P/c1-6-8-10-12-14-16-18-20-21-22-23-24-25-26-27-28-29-30-31-32-33-34-35-36-37-38-40-42-44-46-48-50-56(60)57-54(53-64-65(61,62)63-52-51-58(3,4)5)55(59)49-47-45-43-41-39-19-17-15-13-11-9-7-2/h8,10,14,16,20-21,23-24,26-27,39,41,47,49,54-55,59H,6-7,9,11-13,15,17-19,22,25,28-38,40,42-46,48,50-53H2,1-5H3,(H-,57,60,61,62)/p+1/b10-8-,16-14-,21-20-,24-23-,27-26-,41-39+,49-47+. The number of rotatable bonds is 47. The number of quaternary nitrogens is 1. The van der Waals surface area contributed by atoms with E-state index in [0.29, 0.717) is 17.4 Å². The van der Waals surface area contributed by atoms with Gasteiger partial charge in [-0.05, 0) is 77.0 Å². The fraction of sp³-hybridized carbons (Fsp3) is 0.732. The monoisotopic (exact) mass is 930 g/mol. The fourth-order valence-corrected chi connectivity index (χ4v) is 7.94. The lowest BCUT2D eigenvalue weighted by Crippen LogP contribution is -2.45. The van der Waals surface area contributed by atoms with Gasteiger partial charge in [-0.25, -0.2) is 4.57 Å². The van der Waals surface area contributed by atoms with Gasteiger partial charge in [0.05, 0.1) is 39.9 Å². The smallest absolute Gasteiger partial charge is 0.387 e. The third-order valence-corrected chi connectivity index (χ3v) is 12.3. The molecule has 3 atom stereocenters. The Bertz CT molecular complexity index is 1330. The molecule has 1 amide bonds. The molecule has 8 nitrogen and oxygen atoms in total. The number of nitrogens with zero attached hydrogens (tertiary/aromatic N) is 1. The largest absolute Gasteiger partial charge is 0.472 e. The number of phosphoric acid groups is 1. The molecule has 65 heavy (non-hydrogen) atoms. The zero-order valence-corrected chi connectivity index (χ0v) is 43.6. The average Bonchev–Trinajstić information content (AvgIpc) is 3.26. The minimum Gasteiger partial charge on any atom is -0.387 e. The molecule has 0 radical (unpaired) electrons. The van der Waals surface area contributed by atoms with Gasteiger partial charge < -0.3 is 19.8 Å². The lowest BCUT2D eigenvalue weighted by Gasteiger charge is -2.25. The Morgan fingerprint density at radius 1 is 0.538 bits per heavy atom. The van der Waals surface area contributed by atoms with Crippen LogP contribution in [-0.2, 0) is 18.4 Å². The summed E-state index contributed by atoms with van der Waals surface area (Å²) in [5.41, 5.74) is 0. The summed E-state index contributed by atoms with van der Waals surface area (Å²) in [6.45, 7) is 4.65. The van der Waals surface area contributed by atoms with Gasteiger partial charge in [-0.2, -0.15) is 0 Å². The summed E-state index contributed by atoms with van der Waals surface area (Å²) < 4.78 is 23.6. The number of carbonyl (C=O) groups excluding carboxylic acids is 1. The number of allylic oxidation sites excluding steroid dienone is 13. The Morgan fingerprint density at radius 2 is 0.938 bits per heavy atom. The number of aliphatic hydroxyl groups is 1. The van der Waals surface area contributed by atoms with Crippen molar-refractivity contribution >= 4 is 13.7 Å². The Morgan fingerprint density at radius 3 is 1.42 bits per heavy atom. The van der Waals surface area contributed by atoms with E-state index in [0.717, 1.165) is 70.6 Å². The van der Waals surface area contributed by atoms with Crippen molar-refractivity contribution < 1.29 is 32.9 Å². The Labute approximate surface area is 401 Å². The predicted octanol–water partition coefficient (Wildman–Crippen LogP) is 15.7. The van der Waals surface area contributed by atoms with Crippen molar-refractivity contribution in [3.8, 4) is 0 Å². The van der Waals surface area contributed by atoms with Crippen LogP contribution < -0.4 is 5.32 Å². The minimum absolute atomic E-state index is 0.0534. The lowest BCUT2D eigenvalue weighted by atomic mass is 10.0. The summed E-state index contributed by atoms with van der Waals surface area (Å²) in [5, 5.41) is 13.8. The highest BCUT2D eigenvalue weighted by Crippen LogP contribution is 2.43. The van der Waals surface area contributed by atoms with E-state index in [1.807, 2.05) is 27.2 Å². The van der Waals surface area contributed by atoms with Crippen molar-refractivity contribution in [2.24, 2.45) is 0 Å². The summed E-state index contributed by atoms with van der Waals surface area (Å²) in [4.78, 5) is 23.2. The van der Waals surface area contributed by atoms with Crippen LogP contribution in [0.4, 0.5) is 0 Å². The molecule has 376 valence electrons. The second-order valence-corrected chi connectivity index (χ2v) is 20.3. The van der Waals surface area contributed by atoms with E-state index in [1.54, 1.807) is 6.08 Å². The first-order valence-electron chi connectivity index (χ1n) is 26.5. The maximum atomic E-state index is 12.9. The molecule has 0 spiro atoms. The number of amides is 1. The fourth-order valence-electron chi connectivity index (χ4n) is 7.20. The molecule has 3 unspecified atom stereocenters. The van der Waals surface area contributed by atoms with Crippen LogP contribution in [0.3, 0.4) is 0 Å². The SMILES string of the molecule is CC/C=C\C/C=C\C/C=C\C/C=C\C/C=C\CCCCCCCCCCCCCCCCCC(=O)NC(COP(=O)(O)OCC[N+](C)(C)C)C(O)/C=C/CC/C=C/CCCCCCCC. The summed E-state index contributed by atoms with van der Waals surface area (Å²) in [7, 11) is 1.55. The first-order valence-corrected chi connectivity index (χ1v) is 28.0. The van der Waals surface area contributed by atoms with Gasteiger partial charge in [0.25, 0.3) is 0 Å². The van der Waals surface area contributed by atoms with Gasteiger partial charge >= 0.3 is 7.82 Å². The first kappa shape index (κ1) is 62.7. The van der Waals surface area contributed by atoms with Gasteiger partial charge in [-0.3, -0.25) is 13.8 Å². The topological polar surface area (TPSA) is 105 Å². The van der Waals surface area contributed by atoms with Crippen molar-refractivity contribution in [2.45, 2.75) is 225 Å². The number of aliphatic hydroxyl groups excluding tert-OH is 1. The number of unbranched alkanes of at least 4 members (excludes halogenated alkanes) is 22. The van der Waals surface area contributed by atoms with E-state index < -0.39 is 20.0 Å². The molecule has 0 saturated heterocycles. The van der Waals surface area contributed by atoms with Gasteiger partial charge in [-0.1, -0.05) is 214 Å². The minimum atomic E-state index is -4.35. The number of carbonyl (C=O) groups is 1. The second-order valence-electron chi connectivity index (χ2n) is 18.9. The molecule has 0 aliphatic heterocycles. The maximum Gasteiger partial charge on any atom is 0.472 e. The quantitative estimate of drug-likeness (QED) is 0.0243. The molecule has 0 aromatic heterocycles. The molecule has 0 aromatic carbocycles. The third kappa shape index (κ3) is 49.4. The van der Waals surface area contributed by atoms with Crippen molar-refractivity contribution in [3.05, 3.63) is 85.1 Å². The van der Waals surface area contributed by atoms with Crippen LogP contribution in [0.15, 0.2) is 85.1 Å². The second kappa shape index (κ2) is 46.8. The Hall–Kier alpha value is -2.32. The van der Waals surface area contributed by atoms with Gasteiger partial charge in [0.15, 0.2) is 0 Å². The molecule has 0 saturated carbocycles. The van der Waals surface area contributed by atoms with Crippen LogP contribution in [0.1, 0.15) is 213 Å². The van der Waals surface area contributed by atoms with Gasteiger partial charge in [0, 0.05) is 6.42 Å². The van der Waals surface area contributed by atoms with E-state index >= 15 is 0 Å². The number of nitrogens with one attached hydrogen (secondary N) is 1. The van der Waals surface area contributed by atoms with Gasteiger partial charge in [0.2, 0.25) is 5.91 Å². The van der Waals surface area contributed by atoms with Crippen LogP contribution in [-0.4, -0.2) is 73.4 Å². The molecule has 0 aliphatic rings. The van der Waals surface area contributed by atoms with E-state index in [9.17, 15) is 19.4 Å². The number of hydrogen-bond acceptors (Lipinski definition) is 5. The van der Waals surface area contributed by atoms with Crippen molar-refractivity contribution in [2.75, 3.05) is 40.9 Å². The molecule has 0 fully saturated rings. The Balaban J connectivity index is 4.12. The number of phosphoric ester groups is 1.